The van der Waals surface area contributed by atoms with E-state index in [4.69, 9.17) is 0 Å². The molecule has 0 bridgehead atoms. The quantitative estimate of drug-likeness (QED) is 0.693. The minimum atomic E-state index is -1.04. The lowest BCUT2D eigenvalue weighted by molar-refractivity contribution is -0.123. The van der Waals surface area contributed by atoms with Crippen LogP contribution < -0.4 is 10.2 Å². The summed E-state index contributed by atoms with van der Waals surface area (Å²) >= 11 is 1.03. The molecule has 1 aromatic carbocycles. The van der Waals surface area contributed by atoms with Crippen molar-refractivity contribution in [3.8, 4) is 0 Å². The van der Waals surface area contributed by atoms with Crippen molar-refractivity contribution in [1.29, 1.82) is 0 Å². The summed E-state index contributed by atoms with van der Waals surface area (Å²) in [5, 5.41) is 8.26. The zero-order valence-corrected chi connectivity index (χ0v) is 17.0. The van der Waals surface area contributed by atoms with Gasteiger partial charge in [-0.1, -0.05) is 10.6 Å². The number of benzene rings is 1. The molecule has 0 radical (unpaired) electrons. The number of nitrogens with zero attached hydrogens (tertiary/aromatic N) is 4. The Bertz CT molecular complexity index is 972. The first-order chi connectivity index (χ1) is 13.8. The van der Waals surface area contributed by atoms with Gasteiger partial charge in [-0.2, -0.15) is 0 Å². The number of carbonyl (C=O) groups is 2. The van der Waals surface area contributed by atoms with E-state index in [0.29, 0.717) is 11.3 Å². The van der Waals surface area contributed by atoms with E-state index in [1.807, 2.05) is 20.8 Å². The van der Waals surface area contributed by atoms with Crippen molar-refractivity contribution in [3.05, 3.63) is 71.2 Å². The third-order valence-electron chi connectivity index (χ3n) is 3.91. The van der Waals surface area contributed by atoms with Crippen molar-refractivity contribution in [2.45, 2.75) is 32.4 Å². The standard InChI is InChI=1S/C20H20FN5O2S/c1-20(2,3)23-18(27)17(13-5-4-10-22-11-13)26(15-8-6-14(21)7-9-15)19(28)16-12-29-25-24-16/h4-12,17H,1-3H3,(H,23,27)/t17-/m0/s1. The molecule has 3 rings (SSSR count). The van der Waals surface area contributed by atoms with Gasteiger partial charge in [0.1, 0.15) is 11.9 Å². The maximum atomic E-state index is 13.5. The summed E-state index contributed by atoms with van der Waals surface area (Å²) in [6, 6.07) is 7.71. The highest BCUT2D eigenvalue weighted by Gasteiger charge is 2.35. The Morgan fingerprint density at radius 1 is 1.17 bits per heavy atom. The minimum Gasteiger partial charge on any atom is -0.349 e. The number of pyridine rings is 1. The van der Waals surface area contributed by atoms with E-state index in [0.717, 1.165) is 11.5 Å². The van der Waals surface area contributed by atoms with Crippen LogP contribution in [0.15, 0.2) is 54.2 Å². The van der Waals surface area contributed by atoms with Gasteiger partial charge in [0, 0.05) is 34.6 Å². The summed E-state index contributed by atoms with van der Waals surface area (Å²) in [5.41, 5.74) is 0.422. The van der Waals surface area contributed by atoms with Crippen LogP contribution in [0.3, 0.4) is 0 Å². The van der Waals surface area contributed by atoms with Crippen molar-refractivity contribution in [1.82, 2.24) is 19.9 Å². The SMILES string of the molecule is CC(C)(C)NC(=O)[C@H](c1cccnc1)N(C(=O)c1csnn1)c1ccc(F)cc1. The second kappa shape index (κ2) is 8.44. The van der Waals surface area contributed by atoms with E-state index in [1.54, 1.807) is 18.3 Å². The molecule has 3 aromatic rings. The Morgan fingerprint density at radius 3 is 2.45 bits per heavy atom. The molecule has 0 saturated carbocycles. The maximum Gasteiger partial charge on any atom is 0.280 e. The lowest BCUT2D eigenvalue weighted by atomic mass is 10.0. The smallest absolute Gasteiger partial charge is 0.280 e. The molecule has 1 atom stereocenters. The summed E-state index contributed by atoms with van der Waals surface area (Å²) in [4.78, 5) is 32.0. The summed E-state index contributed by atoms with van der Waals surface area (Å²) in [7, 11) is 0. The van der Waals surface area contributed by atoms with Crippen molar-refractivity contribution in [2.24, 2.45) is 0 Å². The topological polar surface area (TPSA) is 88.1 Å². The first-order valence-electron chi connectivity index (χ1n) is 8.84. The van der Waals surface area contributed by atoms with Gasteiger partial charge in [0.15, 0.2) is 5.69 Å². The summed E-state index contributed by atoms with van der Waals surface area (Å²) < 4.78 is 17.3. The molecule has 29 heavy (non-hydrogen) atoms. The molecule has 0 aliphatic carbocycles. The van der Waals surface area contributed by atoms with Crippen molar-refractivity contribution >= 4 is 29.0 Å². The molecule has 0 fully saturated rings. The molecule has 2 aromatic heterocycles. The van der Waals surface area contributed by atoms with Crippen molar-refractivity contribution < 1.29 is 14.0 Å². The fraction of sp³-hybridized carbons (Fsp3) is 0.250. The number of anilines is 1. The number of carbonyl (C=O) groups excluding carboxylic acids is 2. The number of halogens is 1. The molecule has 9 heteroatoms. The molecule has 1 N–H and O–H groups in total. The number of nitrogens with one attached hydrogen (secondary N) is 1. The summed E-state index contributed by atoms with van der Waals surface area (Å²) in [6.07, 6.45) is 3.10. The first kappa shape index (κ1) is 20.5. The molecule has 2 amide bonds. The third kappa shape index (κ3) is 5.00. The van der Waals surface area contributed by atoms with Gasteiger partial charge in [-0.25, -0.2) is 4.39 Å². The van der Waals surface area contributed by atoms with Gasteiger partial charge in [0.25, 0.3) is 5.91 Å². The first-order valence-corrected chi connectivity index (χ1v) is 9.68. The molecule has 0 saturated heterocycles. The van der Waals surface area contributed by atoms with Gasteiger partial charge >= 0.3 is 0 Å². The molecule has 7 nitrogen and oxygen atoms in total. The van der Waals surface area contributed by atoms with Gasteiger partial charge in [-0.05, 0) is 62.6 Å². The highest BCUT2D eigenvalue weighted by molar-refractivity contribution is 7.03. The number of hydrogen-bond donors (Lipinski definition) is 1. The molecular weight excluding hydrogens is 393 g/mol. The monoisotopic (exact) mass is 413 g/mol. The Hall–Kier alpha value is -3.20. The van der Waals surface area contributed by atoms with Crippen LogP contribution in [0.4, 0.5) is 10.1 Å². The van der Waals surface area contributed by atoms with Gasteiger partial charge in [0.05, 0.1) is 0 Å². The average molecular weight is 413 g/mol. The second-order valence-corrected chi connectivity index (χ2v) is 7.98. The molecule has 0 spiro atoms. The summed E-state index contributed by atoms with van der Waals surface area (Å²) in [6.45, 7) is 5.54. The normalized spacial score (nSPS) is 12.3. The van der Waals surface area contributed by atoms with E-state index in [-0.39, 0.29) is 5.69 Å². The molecule has 150 valence electrons. The molecule has 0 unspecified atom stereocenters. The van der Waals surface area contributed by atoms with Crippen LogP contribution in [0.5, 0.6) is 0 Å². The highest BCUT2D eigenvalue weighted by atomic mass is 32.1. The number of amides is 2. The zero-order chi connectivity index (χ0) is 21.0. The van der Waals surface area contributed by atoms with Gasteiger partial charge in [-0.3, -0.25) is 19.5 Å². The maximum absolute atomic E-state index is 13.5. The van der Waals surface area contributed by atoms with Crippen molar-refractivity contribution in [2.75, 3.05) is 4.90 Å². The van der Waals surface area contributed by atoms with Crippen LogP contribution in [0, 0.1) is 5.82 Å². The van der Waals surface area contributed by atoms with Gasteiger partial charge < -0.3 is 5.32 Å². The lowest BCUT2D eigenvalue weighted by Gasteiger charge is -2.33. The largest absolute Gasteiger partial charge is 0.349 e. The van der Waals surface area contributed by atoms with Crippen LogP contribution in [0.2, 0.25) is 0 Å². The molecular formula is C20H20FN5O2S. The molecule has 0 aliphatic heterocycles. The molecule has 0 aliphatic rings. The highest BCUT2D eigenvalue weighted by Crippen LogP contribution is 2.30. The zero-order valence-electron chi connectivity index (χ0n) is 16.2. The van der Waals surface area contributed by atoms with Crippen LogP contribution in [-0.2, 0) is 4.79 Å². The average Bonchev–Trinajstić information content (AvgIpc) is 3.20. The van der Waals surface area contributed by atoms with Gasteiger partial charge in [-0.15, -0.1) is 5.10 Å². The van der Waals surface area contributed by atoms with Crippen LogP contribution >= 0.6 is 11.5 Å². The van der Waals surface area contributed by atoms with Crippen LogP contribution in [0.25, 0.3) is 0 Å². The Balaban J connectivity index is 2.15. The van der Waals surface area contributed by atoms with E-state index < -0.39 is 29.2 Å². The second-order valence-electron chi connectivity index (χ2n) is 7.37. The lowest BCUT2D eigenvalue weighted by Crippen LogP contribution is -2.49. The Kier molecular flexibility index (Phi) is 5.97. The Labute approximate surface area is 171 Å². The number of hydrogen-bond acceptors (Lipinski definition) is 6. The predicted octanol–water partition coefficient (Wildman–Crippen LogP) is 3.38. The van der Waals surface area contributed by atoms with Crippen molar-refractivity contribution in [3.63, 3.8) is 0 Å². The fourth-order valence-corrected chi connectivity index (χ4v) is 3.19. The molecule has 2 heterocycles. The van der Waals surface area contributed by atoms with E-state index >= 15 is 0 Å². The number of aromatic nitrogens is 3. The van der Waals surface area contributed by atoms with E-state index in [2.05, 4.69) is 19.9 Å². The van der Waals surface area contributed by atoms with Crippen LogP contribution in [0.1, 0.15) is 42.9 Å². The van der Waals surface area contributed by atoms with Crippen LogP contribution in [-0.4, -0.2) is 31.9 Å². The predicted molar refractivity (Wildman–Crippen MR) is 108 cm³/mol. The third-order valence-corrected chi connectivity index (χ3v) is 4.41. The van der Waals surface area contributed by atoms with E-state index in [9.17, 15) is 14.0 Å². The Morgan fingerprint density at radius 2 is 1.90 bits per heavy atom. The summed E-state index contributed by atoms with van der Waals surface area (Å²) in [5.74, 6) is -1.37. The fourth-order valence-electron chi connectivity index (χ4n) is 2.76. The number of rotatable bonds is 5. The van der Waals surface area contributed by atoms with E-state index in [1.165, 1.54) is 40.7 Å². The van der Waals surface area contributed by atoms with Gasteiger partial charge in [0.2, 0.25) is 5.91 Å². The minimum absolute atomic E-state index is 0.0942.